The molecule has 10 aromatic rings. The van der Waals surface area contributed by atoms with E-state index in [9.17, 15) is 9.59 Å². The van der Waals surface area contributed by atoms with E-state index in [-0.39, 0.29) is 11.1 Å². The molecule has 6 aromatic carbocycles. The van der Waals surface area contributed by atoms with Crippen molar-refractivity contribution in [2.75, 3.05) is 76.3 Å². The molecule has 14 heteroatoms. The fraction of sp³-hybridized carbons (Fsp3) is 0.312. The van der Waals surface area contributed by atoms with Gasteiger partial charge in [0.1, 0.15) is 23.0 Å². The van der Waals surface area contributed by atoms with Crippen molar-refractivity contribution >= 4 is 67.7 Å². The zero-order chi connectivity index (χ0) is 53.1. The molecule has 0 unspecified atom stereocenters. The lowest BCUT2D eigenvalue weighted by atomic mass is 10.0. The molecule has 2 aliphatic rings. The summed E-state index contributed by atoms with van der Waals surface area (Å²) in [5.41, 5.74) is 15.0. The van der Waals surface area contributed by atoms with Crippen molar-refractivity contribution in [2.45, 2.75) is 65.0 Å². The van der Waals surface area contributed by atoms with Gasteiger partial charge in [-0.05, 0) is 154 Å². The molecule has 396 valence electrons. The van der Waals surface area contributed by atoms with E-state index in [1.165, 1.54) is 31.2 Å². The monoisotopic (exact) mass is 1040 g/mol. The number of hydrogen-bond acceptors (Lipinski definition) is 10. The van der Waals surface area contributed by atoms with E-state index < -0.39 is 0 Å². The summed E-state index contributed by atoms with van der Waals surface area (Å²) in [7, 11) is 4.10. The lowest BCUT2D eigenvalue weighted by Gasteiger charge is -2.23. The zero-order valence-corrected chi connectivity index (χ0v) is 45.1. The fourth-order valence-electron chi connectivity index (χ4n) is 11.5. The van der Waals surface area contributed by atoms with Crippen LogP contribution in [0.3, 0.4) is 0 Å². The number of fused-ring (bicyclic) bond motifs is 4. The highest BCUT2D eigenvalue weighted by Crippen LogP contribution is 2.30. The van der Waals surface area contributed by atoms with Crippen LogP contribution >= 0.6 is 0 Å². The average Bonchev–Trinajstić information content (AvgIpc) is 4.40. The molecular weight excluding hydrogens is 969 g/mol. The molecule has 4 aromatic heterocycles. The highest BCUT2D eigenvalue weighted by molar-refractivity contribution is 5.94. The summed E-state index contributed by atoms with van der Waals surface area (Å²) in [6.45, 7) is 11.9. The average molecular weight is 1040 g/mol. The number of benzene rings is 6. The lowest BCUT2D eigenvalue weighted by Crippen LogP contribution is -2.25. The third-order valence-corrected chi connectivity index (χ3v) is 15.9. The maximum Gasteiger partial charge on any atom is 0.270 e. The molecule has 0 aliphatic carbocycles. The minimum absolute atomic E-state index is 0.172. The standard InChI is InChI=1S/C64H68N12O2/c1-4-74(50-24-20-48(21-25-50)62-68-56-41-52-54(43-60(56)76(62)36-34-73-30-10-11-31-73)65-57(63(77)70-52)38-45-13-6-5-7-14-45)32-27-46-15-12-16-47(37-46)39-58-64(78)69-51-40-55-59(42-53(51)66-58)75(35-33-72-28-8-9-29-72)61(67-55)26-19-44-17-22-49(23-18-44)71(2)3/h5-7,12-26,37,40-43H,4,8-11,27-36,38-39H2,1-3H3,(H,69,78)(H,70,77). The van der Waals surface area contributed by atoms with Gasteiger partial charge in [-0.3, -0.25) is 9.59 Å². The molecule has 12 rings (SSSR count). The van der Waals surface area contributed by atoms with Crippen molar-refractivity contribution in [3.8, 4) is 11.4 Å². The summed E-state index contributed by atoms with van der Waals surface area (Å²) in [5.74, 6) is 1.79. The summed E-state index contributed by atoms with van der Waals surface area (Å²) in [4.78, 5) is 63.1. The largest absolute Gasteiger partial charge is 0.378 e. The topological polar surface area (TPSA) is 140 Å². The maximum atomic E-state index is 13.7. The normalized spacial score (nSPS) is 14.3. The van der Waals surface area contributed by atoms with Crippen LogP contribution < -0.4 is 20.9 Å². The van der Waals surface area contributed by atoms with Gasteiger partial charge in [-0.25, -0.2) is 19.9 Å². The number of H-pyrrole nitrogens is 2. The van der Waals surface area contributed by atoms with E-state index in [2.05, 4.69) is 157 Å². The number of nitrogens with one attached hydrogen (secondary N) is 2. The summed E-state index contributed by atoms with van der Waals surface area (Å²) in [6.07, 6.45) is 10.9. The van der Waals surface area contributed by atoms with E-state index in [1.54, 1.807) is 0 Å². The predicted molar refractivity (Wildman–Crippen MR) is 318 cm³/mol. The molecule has 0 spiro atoms. The predicted octanol–water partition coefficient (Wildman–Crippen LogP) is 10.2. The molecule has 2 N–H and O–H groups in total. The van der Waals surface area contributed by atoms with Gasteiger partial charge in [-0.15, -0.1) is 0 Å². The number of imidazole rings is 2. The van der Waals surface area contributed by atoms with Crippen LogP contribution in [-0.4, -0.2) is 115 Å². The number of likely N-dealkylation sites (tertiary alicyclic amines) is 2. The molecule has 0 amide bonds. The second-order valence-corrected chi connectivity index (χ2v) is 21.4. The van der Waals surface area contributed by atoms with Crippen LogP contribution in [0.5, 0.6) is 0 Å². The lowest BCUT2D eigenvalue weighted by molar-refractivity contribution is 0.324. The van der Waals surface area contributed by atoms with Crippen LogP contribution in [0.15, 0.2) is 137 Å². The van der Waals surface area contributed by atoms with Crippen molar-refractivity contribution in [1.29, 1.82) is 0 Å². The third-order valence-electron chi connectivity index (χ3n) is 15.9. The fourth-order valence-corrected chi connectivity index (χ4v) is 11.5. The van der Waals surface area contributed by atoms with Gasteiger partial charge in [0, 0.05) is 83.1 Å². The summed E-state index contributed by atoms with van der Waals surface area (Å²) >= 11 is 0. The Balaban J connectivity index is 0.761. The minimum Gasteiger partial charge on any atom is -0.378 e. The second-order valence-electron chi connectivity index (χ2n) is 21.4. The quantitative estimate of drug-likeness (QED) is 0.0805. The van der Waals surface area contributed by atoms with Gasteiger partial charge in [-0.1, -0.05) is 72.8 Å². The first-order valence-electron chi connectivity index (χ1n) is 27.9. The second kappa shape index (κ2) is 22.4. The maximum absolute atomic E-state index is 13.7. The Kier molecular flexibility index (Phi) is 14.5. The van der Waals surface area contributed by atoms with E-state index >= 15 is 0 Å². The van der Waals surface area contributed by atoms with Crippen LogP contribution in [0.4, 0.5) is 11.4 Å². The van der Waals surface area contributed by atoms with Gasteiger partial charge < -0.3 is 38.7 Å². The molecule has 0 radical (unpaired) electrons. The Bertz CT molecular complexity index is 3900. The van der Waals surface area contributed by atoms with Crippen molar-refractivity contribution in [3.63, 3.8) is 0 Å². The first-order valence-corrected chi connectivity index (χ1v) is 27.9. The molecule has 2 saturated heterocycles. The summed E-state index contributed by atoms with van der Waals surface area (Å²) in [5, 5.41) is 0. The smallest absolute Gasteiger partial charge is 0.270 e. The van der Waals surface area contributed by atoms with Gasteiger partial charge in [0.15, 0.2) is 0 Å². The van der Waals surface area contributed by atoms with Crippen molar-refractivity contribution in [3.05, 3.63) is 188 Å². The number of likely N-dealkylation sites (N-methyl/N-ethyl adjacent to an activating group) is 1. The van der Waals surface area contributed by atoms with Gasteiger partial charge in [0.05, 0.1) is 44.1 Å². The van der Waals surface area contributed by atoms with Gasteiger partial charge in [-0.2, -0.15) is 0 Å². The Labute approximate surface area is 454 Å². The highest BCUT2D eigenvalue weighted by Gasteiger charge is 2.20. The SMILES string of the molecule is CCN(CCc1cccc(Cc2nc3cc4c(cc3[nH]c2=O)nc(C=Cc2ccc(N(C)C)cc2)n4CCN2CCCC2)c1)c1ccc(-c2nc3cc4[nH]c(=O)c(Cc5ccccc5)nc4cc3n2CCN2CCCC2)cc1. The molecule has 0 bridgehead atoms. The molecule has 0 saturated carbocycles. The number of aromatic amines is 2. The first-order chi connectivity index (χ1) is 38.2. The number of anilines is 2. The summed E-state index contributed by atoms with van der Waals surface area (Å²) < 4.78 is 4.65. The van der Waals surface area contributed by atoms with Crippen LogP contribution in [-0.2, 0) is 32.4 Å². The van der Waals surface area contributed by atoms with Crippen LogP contribution in [0.2, 0.25) is 0 Å². The Morgan fingerprint density at radius 2 is 1.10 bits per heavy atom. The van der Waals surface area contributed by atoms with Gasteiger partial charge in [0.2, 0.25) is 0 Å². The zero-order valence-electron chi connectivity index (χ0n) is 45.1. The van der Waals surface area contributed by atoms with Gasteiger partial charge >= 0.3 is 0 Å². The number of hydrogen-bond donors (Lipinski definition) is 2. The molecule has 2 aliphatic heterocycles. The van der Waals surface area contributed by atoms with Crippen LogP contribution in [0.25, 0.3) is 67.7 Å². The Morgan fingerprint density at radius 3 is 1.73 bits per heavy atom. The summed E-state index contributed by atoms with van der Waals surface area (Å²) in [6, 6.07) is 44.1. The molecule has 78 heavy (non-hydrogen) atoms. The molecule has 6 heterocycles. The van der Waals surface area contributed by atoms with E-state index in [1.807, 2.05) is 42.5 Å². The first kappa shape index (κ1) is 50.6. The number of rotatable bonds is 19. The third kappa shape index (κ3) is 11.0. The molecule has 14 nitrogen and oxygen atoms in total. The molecule has 2 fully saturated rings. The molecule has 0 atom stereocenters. The Hall–Kier alpha value is -8.20. The number of aromatic nitrogens is 8. The number of nitrogens with zero attached hydrogens (tertiary/aromatic N) is 10. The van der Waals surface area contributed by atoms with E-state index in [4.69, 9.17) is 19.9 Å². The Morgan fingerprint density at radius 1 is 0.538 bits per heavy atom. The highest BCUT2D eigenvalue weighted by atomic mass is 16.1. The van der Waals surface area contributed by atoms with Gasteiger partial charge in [0.25, 0.3) is 11.1 Å². The van der Waals surface area contributed by atoms with E-state index in [0.29, 0.717) is 35.3 Å². The van der Waals surface area contributed by atoms with Crippen LogP contribution in [0.1, 0.15) is 72.1 Å². The van der Waals surface area contributed by atoms with Crippen LogP contribution in [0, 0.1) is 0 Å². The van der Waals surface area contributed by atoms with Crippen molar-refractivity contribution in [2.24, 2.45) is 0 Å². The van der Waals surface area contributed by atoms with E-state index in [0.717, 1.165) is 150 Å². The van der Waals surface area contributed by atoms with Crippen molar-refractivity contribution < 1.29 is 0 Å². The molecular formula is C64H68N12O2. The van der Waals surface area contributed by atoms with Crippen molar-refractivity contribution in [1.82, 2.24) is 48.8 Å². The minimum atomic E-state index is -0.181.